The molecule has 0 spiro atoms. The Balaban J connectivity index is 1.35. The van der Waals surface area contributed by atoms with Crippen LogP contribution < -0.4 is 5.32 Å². The molecular weight excluding hydrogens is 342 g/mol. The van der Waals surface area contributed by atoms with Crippen LogP contribution in [0.2, 0.25) is 0 Å². The molecule has 2 aromatic carbocycles. The number of carbonyl (C=O) groups excluding carboxylic acids is 2. The minimum Gasteiger partial charge on any atom is -0.351 e. The van der Waals surface area contributed by atoms with Gasteiger partial charge in [-0.25, -0.2) is 0 Å². The third-order valence-corrected chi connectivity index (χ3v) is 4.88. The second-order valence-corrected chi connectivity index (χ2v) is 6.83. The molecule has 0 saturated carbocycles. The standard InChI is InChI=1S/C20H21N5O2/c26-19(8-9-24-13-21-22-14-24)23-17-10-20(27)25(12-17)11-16-6-3-5-15-4-1-2-7-18(15)16/h1-7,13-14,17H,8-12H2,(H,23,26)/t17-/m1/s1. The Morgan fingerprint density at radius 2 is 1.89 bits per heavy atom. The third kappa shape index (κ3) is 3.97. The zero-order valence-corrected chi connectivity index (χ0v) is 14.9. The molecule has 3 aromatic rings. The van der Waals surface area contributed by atoms with Gasteiger partial charge in [-0.15, -0.1) is 10.2 Å². The maximum Gasteiger partial charge on any atom is 0.225 e. The summed E-state index contributed by atoms with van der Waals surface area (Å²) in [5, 5.41) is 12.7. The van der Waals surface area contributed by atoms with E-state index in [-0.39, 0.29) is 17.9 Å². The SMILES string of the molecule is O=C(CCn1cnnc1)N[C@@H]1CC(=O)N(Cc2cccc3ccccc23)C1. The number of fused-ring (bicyclic) bond motifs is 1. The van der Waals surface area contributed by atoms with Crippen molar-refractivity contribution in [3.05, 3.63) is 60.7 Å². The zero-order valence-electron chi connectivity index (χ0n) is 14.9. The number of nitrogens with one attached hydrogen (secondary N) is 1. The highest BCUT2D eigenvalue weighted by atomic mass is 16.2. The van der Waals surface area contributed by atoms with Gasteiger partial charge in [0, 0.05) is 32.5 Å². The van der Waals surface area contributed by atoms with Crippen molar-refractivity contribution in [1.82, 2.24) is 25.0 Å². The van der Waals surface area contributed by atoms with Crippen molar-refractivity contribution in [2.24, 2.45) is 0 Å². The predicted octanol–water partition coefficient (Wildman–Crippen LogP) is 1.74. The van der Waals surface area contributed by atoms with Gasteiger partial charge >= 0.3 is 0 Å². The lowest BCUT2D eigenvalue weighted by atomic mass is 10.0. The molecule has 7 heteroatoms. The van der Waals surface area contributed by atoms with Crippen LogP contribution in [-0.4, -0.2) is 44.1 Å². The van der Waals surface area contributed by atoms with Gasteiger partial charge in [-0.1, -0.05) is 42.5 Å². The number of aryl methyl sites for hydroxylation is 1. The van der Waals surface area contributed by atoms with Crippen LogP contribution in [0.5, 0.6) is 0 Å². The van der Waals surface area contributed by atoms with Crippen molar-refractivity contribution in [3.8, 4) is 0 Å². The van der Waals surface area contributed by atoms with Crippen LogP contribution in [0.1, 0.15) is 18.4 Å². The van der Waals surface area contributed by atoms with E-state index in [4.69, 9.17) is 0 Å². The van der Waals surface area contributed by atoms with Crippen LogP contribution in [0.4, 0.5) is 0 Å². The highest BCUT2D eigenvalue weighted by molar-refractivity contribution is 5.87. The van der Waals surface area contributed by atoms with E-state index in [1.807, 2.05) is 23.1 Å². The molecule has 1 atom stereocenters. The quantitative estimate of drug-likeness (QED) is 0.723. The molecular formula is C20H21N5O2. The molecule has 1 fully saturated rings. The minimum absolute atomic E-state index is 0.0616. The van der Waals surface area contributed by atoms with Gasteiger partial charge < -0.3 is 14.8 Å². The van der Waals surface area contributed by atoms with Gasteiger partial charge in [0.25, 0.3) is 0 Å². The van der Waals surface area contributed by atoms with E-state index in [0.717, 1.165) is 10.9 Å². The van der Waals surface area contributed by atoms with E-state index in [1.165, 1.54) is 5.39 Å². The Bertz CT molecular complexity index is 949. The molecule has 7 nitrogen and oxygen atoms in total. The van der Waals surface area contributed by atoms with Crippen molar-refractivity contribution in [3.63, 3.8) is 0 Å². The number of amides is 2. The number of benzene rings is 2. The van der Waals surface area contributed by atoms with Gasteiger partial charge in [0.05, 0.1) is 6.04 Å². The fourth-order valence-electron chi connectivity index (χ4n) is 3.53. The second kappa shape index (κ2) is 7.57. The van der Waals surface area contributed by atoms with Gasteiger partial charge in [-0.05, 0) is 16.3 Å². The number of hydrogen-bond acceptors (Lipinski definition) is 4. The molecule has 2 amide bonds. The number of carbonyl (C=O) groups is 2. The summed E-state index contributed by atoms with van der Waals surface area (Å²) in [5.74, 6) is 0.0144. The molecule has 1 aromatic heterocycles. The summed E-state index contributed by atoms with van der Waals surface area (Å²) in [6.45, 7) is 1.63. The monoisotopic (exact) mass is 363 g/mol. The molecule has 1 aliphatic heterocycles. The Labute approximate surface area is 157 Å². The van der Waals surface area contributed by atoms with Crippen molar-refractivity contribution in [1.29, 1.82) is 0 Å². The lowest BCUT2D eigenvalue weighted by molar-refractivity contribution is -0.128. The summed E-state index contributed by atoms with van der Waals surface area (Å²) < 4.78 is 1.76. The highest BCUT2D eigenvalue weighted by Gasteiger charge is 2.30. The average molecular weight is 363 g/mol. The fourth-order valence-corrected chi connectivity index (χ4v) is 3.53. The van der Waals surface area contributed by atoms with Crippen molar-refractivity contribution >= 4 is 22.6 Å². The van der Waals surface area contributed by atoms with E-state index >= 15 is 0 Å². The van der Waals surface area contributed by atoms with E-state index < -0.39 is 0 Å². The smallest absolute Gasteiger partial charge is 0.225 e. The zero-order chi connectivity index (χ0) is 18.6. The summed E-state index contributed by atoms with van der Waals surface area (Å²) in [4.78, 5) is 26.4. The van der Waals surface area contributed by atoms with Gasteiger partial charge in [0.2, 0.25) is 11.8 Å². The second-order valence-electron chi connectivity index (χ2n) is 6.83. The molecule has 138 valence electrons. The number of aromatic nitrogens is 3. The maximum absolute atomic E-state index is 12.4. The lowest BCUT2D eigenvalue weighted by Gasteiger charge is -2.18. The molecule has 1 N–H and O–H groups in total. The first-order chi connectivity index (χ1) is 13.2. The Kier molecular flexibility index (Phi) is 4.82. The number of hydrogen-bond donors (Lipinski definition) is 1. The third-order valence-electron chi connectivity index (χ3n) is 4.88. The summed E-state index contributed by atoms with van der Waals surface area (Å²) >= 11 is 0. The molecule has 0 radical (unpaired) electrons. The first-order valence-electron chi connectivity index (χ1n) is 9.05. The van der Waals surface area contributed by atoms with Crippen LogP contribution in [0.3, 0.4) is 0 Å². The molecule has 0 unspecified atom stereocenters. The van der Waals surface area contributed by atoms with E-state index in [2.05, 4.69) is 39.8 Å². The van der Waals surface area contributed by atoms with Crippen LogP contribution in [-0.2, 0) is 22.7 Å². The molecule has 27 heavy (non-hydrogen) atoms. The Morgan fingerprint density at radius 1 is 1.11 bits per heavy atom. The van der Waals surface area contributed by atoms with E-state index in [1.54, 1.807) is 17.2 Å². The molecule has 1 aliphatic rings. The summed E-state index contributed by atoms with van der Waals surface area (Å²) in [6.07, 6.45) is 3.85. The van der Waals surface area contributed by atoms with Gasteiger partial charge in [-0.3, -0.25) is 9.59 Å². The number of rotatable bonds is 6. The van der Waals surface area contributed by atoms with Crippen LogP contribution in [0, 0.1) is 0 Å². The van der Waals surface area contributed by atoms with E-state index in [9.17, 15) is 9.59 Å². The largest absolute Gasteiger partial charge is 0.351 e. The summed E-state index contributed by atoms with van der Waals surface area (Å²) in [7, 11) is 0. The van der Waals surface area contributed by atoms with Crippen molar-refractivity contribution in [2.75, 3.05) is 6.54 Å². The van der Waals surface area contributed by atoms with Gasteiger partial charge in [-0.2, -0.15) is 0 Å². The Morgan fingerprint density at radius 3 is 2.74 bits per heavy atom. The number of likely N-dealkylation sites (tertiary alicyclic amines) is 1. The molecule has 1 saturated heterocycles. The predicted molar refractivity (Wildman–Crippen MR) is 101 cm³/mol. The van der Waals surface area contributed by atoms with Gasteiger partial charge in [0.15, 0.2) is 0 Å². The van der Waals surface area contributed by atoms with E-state index in [0.29, 0.717) is 32.5 Å². The van der Waals surface area contributed by atoms with Crippen LogP contribution in [0.15, 0.2) is 55.1 Å². The van der Waals surface area contributed by atoms with Crippen molar-refractivity contribution in [2.45, 2.75) is 32.0 Å². The van der Waals surface area contributed by atoms with Crippen LogP contribution in [0.25, 0.3) is 10.8 Å². The normalized spacial score (nSPS) is 16.8. The lowest BCUT2D eigenvalue weighted by Crippen LogP contribution is -2.37. The van der Waals surface area contributed by atoms with Crippen molar-refractivity contribution < 1.29 is 9.59 Å². The van der Waals surface area contributed by atoms with Crippen LogP contribution >= 0.6 is 0 Å². The number of nitrogens with zero attached hydrogens (tertiary/aromatic N) is 4. The first-order valence-corrected chi connectivity index (χ1v) is 9.05. The minimum atomic E-state index is -0.138. The molecule has 4 rings (SSSR count). The highest BCUT2D eigenvalue weighted by Crippen LogP contribution is 2.22. The topological polar surface area (TPSA) is 80.1 Å². The molecule has 2 heterocycles. The molecule has 0 aliphatic carbocycles. The summed E-state index contributed by atoms with van der Waals surface area (Å²) in [5.41, 5.74) is 1.13. The summed E-state index contributed by atoms with van der Waals surface area (Å²) in [6, 6.07) is 14.2. The average Bonchev–Trinajstić information content (AvgIpc) is 3.30. The Hall–Kier alpha value is -3.22. The van der Waals surface area contributed by atoms with Gasteiger partial charge in [0.1, 0.15) is 12.7 Å². The first kappa shape index (κ1) is 17.2. The maximum atomic E-state index is 12.4. The fraction of sp³-hybridized carbons (Fsp3) is 0.300. The molecule has 0 bridgehead atoms.